The molecular formula is C7H10NOW-. The van der Waals surface area contributed by atoms with Crippen LogP contribution in [0.3, 0.4) is 0 Å². The van der Waals surface area contributed by atoms with Gasteiger partial charge < -0.3 is 0 Å². The van der Waals surface area contributed by atoms with E-state index in [1.165, 1.54) is 19.4 Å². The van der Waals surface area contributed by atoms with Crippen LogP contribution < -0.4 is 0 Å². The first kappa shape index (κ1) is 9.90. The molecule has 0 rings (SSSR count). The molecule has 0 saturated heterocycles. The summed E-state index contributed by atoms with van der Waals surface area (Å²) in [5, 5.41) is 0. The second-order valence-electron chi connectivity index (χ2n) is 1.95. The van der Waals surface area contributed by atoms with Crippen LogP contribution in [0.4, 0.5) is 0 Å². The number of aliphatic imine (C=N–C) groups is 1. The molecule has 1 unspecified atom stereocenters. The molecule has 0 N–H and O–H groups in total. The Morgan fingerprint density at radius 3 is 2.50 bits per heavy atom. The molecule has 10 heavy (non-hydrogen) atoms. The van der Waals surface area contributed by atoms with E-state index in [4.69, 9.17) is 0 Å². The summed E-state index contributed by atoms with van der Waals surface area (Å²) >= 11 is 1.20. The van der Waals surface area contributed by atoms with Crippen molar-refractivity contribution < 1.29 is 24.1 Å². The third-order valence-electron chi connectivity index (χ3n) is 1.05. The van der Waals surface area contributed by atoms with Gasteiger partial charge in [-0.05, 0) is 0 Å². The summed E-state index contributed by atoms with van der Waals surface area (Å²) in [7, 11) is 0. The van der Waals surface area contributed by atoms with Crippen molar-refractivity contribution in [2.75, 3.05) is 0 Å². The summed E-state index contributed by atoms with van der Waals surface area (Å²) in [5.74, 6) is 0.140. The maximum absolute atomic E-state index is 10.8. The van der Waals surface area contributed by atoms with Crippen molar-refractivity contribution in [3.05, 3.63) is 0 Å². The fourth-order valence-corrected chi connectivity index (χ4v) is 0.736. The van der Waals surface area contributed by atoms with Gasteiger partial charge in [-0.1, -0.05) is 0 Å². The van der Waals surface area contributed by atoms with E-state index in [0.29, 0.717) is 0 Å². The molecule has 0 aromatic carbocycles. The van der Waals surface area contributed by atoms with Gasteiger partial charge in [-0.2, -0.15) is 0 Å². The van der Waals surface area contributed by atoms with Crippen LogP contribution in [0.2, 0.25) is 0 Å². The van der Waals surface area contributed by atoms with Crippen LogP contribution in [-0.4, -0.2) is 21.9 Å². The SMILES string of the molecule is C[C-]=NC(C)[C](=[W])C(C)=O. The summed E-state index contributed by atoms with van der Waals surface area (Å²) in [6.07, 6.45) is 2.67. The molecule has 0 fully saturated rings. The van der Waals surface area contributed by atoms with E-state index < -0.39 is 0 Å². The van der Waals surface area contributed by atoms with Crippen LogP contribution >= 0.6 is 0 Å². The molecule has 0 aliphatic carbocycles. The van der Waals surface area contributed by atoms with E-state index in [2.05, 4.69) is 11.2 Å². The predicted molar refractivity (Wildman–Crippen MR) is 38.3 cm³/mol. The molecule has 0 heterocycles. The van der Waals surface area contributed by atoms with Gasteiger partial charge in [-0.15, -0.1) is 0 Å². The van der Waals surface area contributed by atoms with Gasteiger partial charge in [0.15, 0.2) is 0 Å². The zero-order chi connectivity index (χ0) is 8.15. The molecule has 0 saturated carbocycles. The third kappa shape index (κ3) is 3.16. The number of hydrogen-bond acceptors (Lipinski definition) is 2. The molecule has 1 atom stereocenters. The Hall–Kier alpha value is -0.102. The molecule has 0 amide bonds. The number of carbonyl (C=O) groups excluding carboxylic acids is 1. The molecule has 0 aromatic heterocycles. The van der Waals surface area contributed by atoms with Crippen molar-refractivity contribution in [2.45, 2.75) is 26.8 Å². The average Bonchev–Trinajstić information content (AvgIpc) is 1.87. The fraction of sp³-hybridized carbons (Fsp3) is 0.571. The third-order valence-corrected chi connectivity index (χ3v) is 3.31. The maximum atomic E-state index is 10.8. The summed E-state index contributed by atoms with van der Waals surface area (Å²) < 4.78 is 0.870. The van der Waals surface area contributed by atoms with Gasteiger partial charge in [0.2, 0.25) is 0 Å². The van der Waals surface area contributed by atoms with E-state index in [1.807, 2.05) is 6.92 Å². The van der Waals surface area contributed by atoms with E-state index in [0.717, 1.165) is 3.90 Å². The van der Waals surface area contributed by atoms with Crippen molar-refractivity contribution in [2.24, 2.45) is 4.99 Å². The molecule has 56 valence electrons. The molecule has 2 nitrogen and oxygen atoms in total. The van der Waals surface area contributed by atoms with Crippen molar-refractivity contribution in [1.82, 2.24) is 0 Å². The molecule has 0 aromatic rings. The quantitative estimate of drug-likeness (QED) is 0.556. The summed E-state index contributed by atoms with van der Waals surface area (Å²) in [6, 6.07) is 0.0255. The first-order valence-corrected chi connectivity index (χ1v) is 4.47. The Labute approximate surface area is 72.1 Å². The van der Waals surface area contributed by atoms with Gasteiger partial charge in [-0.25, -0.2) is 0 Å². The van der Waals surface area contributed by atoms with Gasteiger partial charge in [-0.3, -0.25) is 0 Å². The van der Waals surface area contributed by atoms with Crippen LogP contribution in [0.25, 0.3) is 0 Å². The van der Waals surface area contributed by atoms with Crippen molar-refractivity contribution in [3.8, 4) is 0 Å². The number of hydrogen-bond donors (Lipinski definition) is 0. The van der Waals surface area contributed by atoms with E-state index >= 15 is 0 Å². The number of carbonyl (C=O) groups is 1. The van der Waals surface area contributed by atoms with Crippen molar-refractivity contribution >= 4 is 15.9 Å². The Morgan fingerprint density at radius 2 is 2.20 bits per heavy atom. The van der Waals surface area contributed by atoms with Gasteiger partial charge >= 0.3 is 71.8 Å². The topological polar surface area (TPSA) is 29.4 Å². The fourth-order valence-electron chi connectivity index (χ4n) is 0.546. The molecular weight excluding hydrogens is 298 g/mol. The summed E-state index contributed by atoms with van der Waals surface area (Å²) in [5.41, 5.74) is 0. The Kier molecular flexibility index (Phi) is 4.63. The van der Waals surface area contributed by atoms with Crippen LogP contribution in [-0.2, 0) is 24.1 Å². The minimum atomic E-state index is 0.0255. The molecule has 0 radical (unpaired) electrons. The van der Waals surface area contributed by atoms with Gasteiger partial charge in [0.05, 0.1) is 0 Å². The summed E-state index contributed by atoms with van der Waals surface area (Å²) in [6.45, 7) is 5.21. The average molecular weight is 308 g/mol. The van der Waals surface area contributed by atoms with Crippen LogP contribution in [0, 0.1) is 0 Å². The van der Waals surface area contributed by atoms with Crippen molar-refractivity contribution in [3.63, 3.8) is 0 Å². The zero-order valence-corrected chi connectivity index (χ0v) is 9.27. The van der Waals surface area contributed by atoms with Crippen molar-refractivity contribution in [1.29, 1.82) is 0 Å². The van der Waals surface area contributed by atoms with E-state index in [-0.39, 0.29) is 11.8 Å². The Balaban J connectivity index is 4.08. The monoisotopic (exact) mass is 308 g/mol. The Bertz CT molecular complexity index is 174. The van der Waals surface area contributed by atoms with Crippen LogP contribution in [0.5, 0.6) is 0 Å². The van der Waals surface area contributed by atoms with Crippen LogP contribution in [0.1, 0.15) is 20.8 Å². The van der Waals surface area contributed by atoms with E-state index in [1.54, 1.807) is 13.8 Å². The van der Waals surface area contributed by atoms with Crippen LogP contribution in [0.15, 0.2) is 4.99 Å². The Morgan fingerprint density at radius 1 is 1.70 bits per heavy atom. The number of nitrogens with zero attached hydrogens (tertiary/aromatic N) is 1. The summed E-state index contributed by atoms with van der Waals surface area (Å²) in [4.78, 5) is 14.7. The van der Waals surface area contributed by atoms with Gasteiger partial charge in [0.1, 0.15) is 0 Å². The second-order valence-corrected chi connectivity index (χ2v) is 3.53. The first-order chi connectivity index (χ1) is 4.59. The van der Waals surface area contributed by atoms with E-state index in [9.17, 15) is 4.79 Å². The number of Topliss-reactive ketones (excluding diaryl/α,β-unsaturated/α-hetero) is 1. The zero-order valence-electron chi connectivity index (χ0n) is 6.34. The van der Waals surface area contributed by atoms with Gasteiger partial charge in [0.25, 0.3) is 0 Å². The van der Waals surface area contributed by atoms with Gasteiger partial charge in [0, 0.05) is 0 Å². The molecule has 3 heteroatoms. The first-order valence-electron chi connectivity index (χ1n) is 3.01. The minimum absolute atomic E-state index is 0.0255. The number of rotatable bonds is 3. The standard InChI is InChI=1S/C7H10NO.W/c1-4-8-6(2)5-7(3)9;/h6H,1-3H3;/q-1;. The second kappa shape index (κ2) is 4.67. The molecule has 0 aliphatic rings. The number of ketones is 1. The molecule has 0 aliphatic heterocycles. The predicted octanol–water partition coefficient (Wildman–Crippen LogP) is 0.651. The normalized spacial score (nSPS) is 13.5. The molecule has 0 spiro atoms. The molecule has 0 bridgehead atoms.